The van der Waals surface area contributed by atoms with E-state index in [1.807, 2.05) is 24.3 Å². The van der Waals surface area contributed by atoms with Gasteiger partial charge in [0, 0.05) is 0 Å². The van der Waals surface area contributed by atoms with Crippen LogP contribution in [0.1, 0.15) is 5.56 Å². The SMILES string of the molecule is O=[N+]([O-])c1ccc(/C=C\[Se]c2ccccc2)cc1. The van der Waals surface area contributed by atoms with Crippen LogP contribution in [0.5, 0.6) is 0 Å². The second-order valence-electron chi connectivity index (χ2n) is 3.58. The van der Waals surface area contributed by atoms with Crippen LogP contribution in [0, 0.1) is 10.1 Å². The van der Waals surface area contributed by atoms with E-state index in [9.17, 15) is 10.1 Å². The summed E-state index contributed by atoms with van der Waals surface area (Å²) in [5.41, 5.74) is 1.11. The summed E-state index contributed by atoms with van der Waals surface area (Å²) in [7, 11) is 0. The van der Waals surface area contributed by atoms with Gasteiger partial charge < -0.3 is 0 Å². The molecule has 3 nitrogen and oxygen atoms in total. The third-order valence-corrected chi connectivity index (χ3v) is 4.02. The van der Waals surface area contributed by atoms with E-state index in [1.54, 1.807) is 12.1 Å². The van der Waals surface area contributed by atoms with Crippen molar-refractivity contribution in [2.24, 2.45) is 0 Å². The monoisotopic (exact) mass is 305 g/mol. The molecular weight excluding hydrogens is 293 g/mol. The molecule has 0 aromatic heterocycles. The number of benzene rings is 2. The molecule has 0 radical (unpaired) electrons. The Bertz CT molecular complexity index is 550. The molecule has 2 rings (SSSR count). The van der Waals surface area contributed by atoms with Gasteiger partial charge in [-0.3, -0.25) is 0 Å². The number of rotatable bonds is 4. The molecule has 0 saturated carbocycles. The average molecular weight is 304 g/mol. The molecule has 0 saturated heterocycles. The van der Waals surface area contributed by atoms with Gasteiger partial charge in [0.1, 0.15) is 0 Å². The van der Waals surface area contributed by atoms with E-state index in [2.05, 4.69) is 17.1 Å². The topological polar surface area (TPSA) is 43.1 Å². The Morgan fingerprint density at radius 2 is 1.67 bits per heavy atom. The summed E-state index contributed by atoms with van der Waals surface area (Å²) < 4.78 is 1.31. The fourth-order valence-corrected chi connectivity index (χ4v) is 2.86. The van der Waals surface area contributed by atoms with Crippen LogP contribution >= 0.6 is 0 Å². The van der Waals surface area contributed by atoms with Gasteiger partial charge in [-0.25, -0.2) is 0 Å². The van der Waals surface area contributed by atoms with E-state index in [1.165, 1.54) is 16.6 Å². The predicted molar refractivity (Wildman–Crippen MR) is 74.0 cm³/mol. The Kier molecular flexibility index (Phi) is 4.29. The van der Waals surface area contributed by atoms with E-state index in [-0.39, 0.29) is 10.6 Å². The molecule has 0 atom stereocenters. The second-order valence-corrected chi connectivity index (χ2v) is 5.64. The molecule has 90 valence electrons. The summed E-state index contributed by atoms with van der Waals surface area (Å²) in [6.45, 7) is 0. The van der Waals surface area contributed by atoms with Crippen molar-refractivity contribution in [3.63, 3.8) is 0 Å². The van der Waals surface area contributed by atoms with Crippen LogP contribution in [0.25, 0.3) is 6.08 Å². The second kappa shape index (κ2) is 6.15. The van der Waals surface area contributed by atoms with Gasteiger partial charge in [-0.2, -0.15) is 0 Å². The van der Waals surface area contributed by atoms with Crippen LogP contribution in [0.4, 0.5) is 5.69 Å². The van der Waals surface area contributed by atoms with Crippen molar-refractivity contribution in [1.29, 1.82) is 0 Å². The number of nitrogens with zero attached hydrogens (tertiary/aromatic N) is 1. The van der Waals surface area contributed by atoms with Crippen LogP contribution in [-0.4, -0.2) is 19.9 Å². The van der Waals surface area contributed by atoms with E-state index in [0.29, 0.717) is 15.0 Å². The summed E-state index contributed by atoms with van der Waals surface area (Å²) in [4.78, 5) is 12.2. The van der Waals surface area contributed by atoms with Gasteiger partial charge in [0.05, 0.1) is 0 Å². The van der Waals surface area contributed by atoms with Gasteiger partial charge in [-0.05, 0) is 0 Å². The first-order chi connectivity index (χ1) is 8.75. The maximum atomic E-state index is 10.5. The molecule has 0 fully saturated rings. The quantitative estimate of drug-likeness (QED) is 0.495. The Hall–Kier alpha value is -1.90. The average Bonchev–Trinajstić information content (AvgIpc) is 2.40. The number of hydrogen-bond acceptors (Lipinski definition) is 2. The van der Waals surface area contributed by atoms with Gasteiger partial charge in [-0.15, -0.1) is 0 Å². The van der Waals surface area contributed by atoms with Gasteiger partial charge in [0.15, 0.2) is 0 Å². The zero-order valence-electron chi connectivity index (χ0n) is 9.52. The Labute approximate surface area is 111 Å². The van der Waals surface area contributed by atoms with Crippen LogP contribution < -0.4 is 4.46 Å². The minimum absolute atomic E-state index is 0.126. The molecule has 0 aliphatic rings. The van der Waals surface area contributed by atoms with Crippen molar-refractivity contribution in [2.75, 3.05) is 0 Å². The molecule has 18 heavy (non-hydrogen) atoms. The van der Waals surface area contributed by atoms with Crippen LogP contribution in [0.3, 0.4) is 0 Å². The van der Waals surface area contributed by atoms with E-state index in [0.717, 1.165) is 5.56 Å². The number of non-ortho nitro benzene ring substituents is 1. The molecule has 0 aliphatic carbocycles. The first-order valence-electron chi connectivity index (χ1n) is 5.38. The van der Waals surface area contributed by atoms with Crippen LogP contribution in [0.2, 0.25) is 0 Å². The summed E-state index contributed by atoms with van der Waals surface area (Å²) in [5, 5.41) is 10.5. The normalized spacial score (nSPS) is 10.7. The Morgan fingerprint density at radius 1 is 1.00 bits per heavy atom. The molecule has 0 aliphatic heterocycles. The molecule has 2 aromatic carbocycles. The van der Waals surface area contributed by atoms with Crippen molar-refractivity contribution in [3.05, 3.63) is 75.2 Å². The Morgan fingerprint density at radius 3 is 2.28 bits per heavy atom. The van der Waals surface area contributed by atoms with Crippen molar-refractivity contribution in [1.82, 2.24) is 0 Å². The number of nitro groups is 1. The third kappa shape index (κ3) is 3.55. The first-order valence-corrected chi connectivity index (χ1v) is 7.23. The van der Waals surface area contributed by atoms with Crippen LogP contribution in [-0.2, 0) is 0 Å². The zero-order valence-corrected chi connectivity index (χ0v) is 11.2. The summed E-state index contributed by atoms with van der Waals surface area (Å²) in [5.74, 6) is 0. The summed E-state index contributed by atoms with van der Waals surface area (Å²) in [6, 6.07) is 16.8. The van der Waals surface area contributed by atoms with Crippen LogP contribution in [0.15, 0.2) is 59.6 Å². The summed E-state index contributed by atoms with van der Waals surface area (Å²) in [6.07, 6.45) is 2.00. The molecular formula is C14H11NO2Se. The molecule has 0 unspecified atom stereocenters. The van der Waals surface area contributed by atoms with Gasteiger partial charge >= 0.3 is 111 Å². The van der Waals surface area contributed by atoms with Gasteiger partial charge in [0.25, 0.3) is 0 Å². The van der Waals surface area contributed by atoms with Crippen molar-refractivity contribution >= 4 is 31.2 Å². The van der Waals surface area contributed by atoms with E-state index in [4.69, 9.17) is 0 Å². The molecule has 0 heterocycles. The third-order valence-electron chi connectivity index (χ3n) is 2.31. The molecule has 0 N–H and O–H groups in total. The van der Waals surface area contributed by atoms with Crippen molar-refractivity contribution in [3.8, 4) is 0 Å². The van der Waals surface area contributed by atoms with E-state index < -0.39 is 0 Å². The fourth-order valence-electron chi connectivity index (χ4n) is 1.40. The number of nitro benzene ring substituents is 1. The first kappa shape index (κ1) is 12.6. The summed E-state index contributed by atoms with van der Waals surface area (Å²) >= 11 is 0.295. The maximum absolute atomic E-state index is 10.5. The van der Waals surface area contributed by atoms with Crippen molar-refractivity contribution < 1.29 is 4.92 Å². The molecule has 0 spiro atoms. The van der Waals surface area contributed by atoms with Gasteiger partial charge in [0.2, 0.25) is 0 Å². The Balaban J connectivity index is 1.99. The minimum atomic E-state index is -0.387. The van der Waals surface area contributed by atoms with Crippen molar-refractivity contribution in [2.45, 2.75) is 0 Å². The molecule has 4 heteroatoms. The van der Waals surface area contributed by atoms with Gasteiger partial charge in [-0.1, -0.05) is 0 Å². The molecule has 0 bridgehead atoms. The molecule has 0 amide bonds. The molecule has 2 aromatic rings. The predicted octanol–water partition coefficient (Wildman–Crippen LogP) is 2.60. The standard InChI is InChI=1S/C14H11NO2Se/c16-15(17)13-8-6-12(7-9-13)10-11-18-14-4-2-1-3-5-14/h1-11H/b11-10-. The number of hydrogen-bond donors (Lipinski definition) is 0. The van der Waals surface area contributed by atoms with E-state index >= 15 is 0 Å². The fraction of sp³-hybridized carbons (Fsp3) is 0. The zero-order chi connectivity index (χ0) is 12.8.